The number of carbonyl (C=O) groups excluding carboxylic acids is 1. The molecular weight excluding hydrogens is 288 g/mol. The Morgan fingerprint density at radius 2 is 2.00 bits per heavy atom. The van der Waals surface area contributed by atoms with Crippen molar-refractivity contribution >= 4 is 5.91 Å². The van der Waals surface area contributed by atoms with Crippen LogP contribution in [-0.4, -0.2) is 38.8 Å². The largest absolute Gasteiger partial charge is 0.384 e. The number of ether oxygens (including phenoxy) is 1. The molecule has 1 aliphatic heterocycles. The fourth-order valence-corrected chi connectivity index (χ4v) is 3.64. The maximum Gasteiger partial charge on any atom is 0.228 e. The van der Waals surface area contributed by atoms with Crippen molar-refractivity contribution < 1.29 is 9.53 Å². The van der Waals surface area contributed by atoms with Crippen LogP contribution in [0.2, 0.25) is 0 Å². The van der Waals surface area contributed by atoms with Crippen molar-refractivity contribution in [2.45, 2.75) is 38.1 Å². The molecule has 1 aliphatic carbocycles. The first-order valence-corrected chi connectivity index (χ1v) is 8.78. The third kappa shape index (κ3) is 4.12. The molecule has 1 saturated heterocycles. The van der Waals surface area contributed by atoms with Crippen molar-refractivity contribution in [1.29, 1.82) is 0 Å². The lowest BCUT2D eigenvalue weighted by atomic mass is 9.78. The third-order valence-corrected chi connectivity index (χ3v) is 5.27. The molecule has 0 bridgehead atoms. The van der Waals surface area contributed by atoms with E-state index in [4.69, 9.17) is 4.74 Å². The third-order valence-electron chi connectivity index (χ3n) is 5.27. The predicted octanol–water partition coefficient (Wildman–Crippen LogP) is 2.14. The zero-order chi connectivity index (χ0) is 16.1. The van der Waals surface area contributed by atoms with Gasteiger partial charge in [-0.05, 0) is 56.7 Å². The Morgan fingerprint density at radius 3 is 2.61 bits per heavy atom. The SMILES string of the molecule is COCC1(C(=O)NC(Cc2ccccc2)C2CC2)CCNCC1. The second-order valence-corrected chi connectivity index (χ2v) is 7.07. The van der Waals surface area contributed by atoms with Crippen LogP contribution < -0.4 is 10.6 Å². The number of benzene rings is 1. The van der Waals surface area contributed by atoms with E-state index in [1.807, 2.05) is 6.07 Å². The van der Waals surface area contributed by atoms with Gasteiger partial charge in [0.2, 0.25) is 5.91 Å². The van der Waals surface area contributed by atoms with E-state index in [0.29, 0.717) is 12.5 Å². The van der Waals surface area contributed by atoms with E-state index in [1.165, 1.54) is 18.4 Å². The second-order valence-electron chi connectivity index (χ2n) is 7.07. The molecule has 1 amide bonds. The monoisotopic (exact) mass is 316 g/mol. The van der Waals surface area contributed by atoms with Gasteiger partial charge in [0.25, 0.3) is 0 Å². The number of rotatable bonds is 7. The molecule has 126 valence electrons. The molecule has 1 heterocycles. The van der Waals surface area contributed by atoms with Gasteiger partial charge in [0.1, 0.15) is 0 Å². The molecule has 2 aliphatic rings. The summed E-state index contributed by atoms with van der Waals surface area (Å²) in [5, 5.41) is 6.72. The maximum atomic E-state index is 13.0. The fourth-order valence-electron chi connectivity index (χ4n) is 3.64. The molecule has 1 unspecified atom stereocenters. The first-order valence-electron chi connectivity index (χ1n) is 8.78. The van der Waals surface area contributed by atoms with Crippen molar-refractivity contribution in [2.24, 2.45) is 11.3 Å². The van der Waals surface area contributed by atoms with Crippen LogP contribution in [0.25, 0.3) is 0 Å². The minimum absolute atomic E-state index is 0.189. The van der Waals surface area contributed by atoms with Gasteiger partial charge in [0.15, 0.2) is 0 Å². The average Bonchev–Trinajstić information content (AvgIpc) is 3.41. The lowest BCUT2D eigenvalue weighted by Gasteiger charge is -2.37. The van der Waals surface area contributed by atoms with Gasteiger partial charge in [-0.2, -0.15) is 0 Å². The van der Waals surface area contributed by atoms with Gasteiger partial charge in [-0.15, -0.1) is 0 Å². The minimum atomic E-state index is -0.357. The van der Waals surface area contributed by atoms with Gasteiger partial charge >= 0.3 is 0 Å². The summed E-state index contributed by atoms with van der Waals surface area (Å²) >= 11 is 0. The molecule has 23 heavy (non-hydrogen) atoms. The summed E-state index contributed by atoms with van der Waals surface area (Å²) in [6, 6.07) is 10.7. The molecule has 1 aromatic carbocycles. The molecule has 1 atom stereocenters. The molecule has 4 heteroatoms. The quantitative estimate of drug-likeness (QED) is 0.810. The second kappa shape index (κ2) is 7.45. The normalized spacial score (nSPS) is 21.6. The first-order chi connectivity index (χ1) is 11.2. The number of nitrogens with one attached hydrogen (secondary N) is 2. The van der Waals surface area contributed by atoms with Gasteiger partial charge < -0.3 is 15.4 Å². The lowest BCUT2D eigenvalue weighted by Crippen LogP contribution is -2.53. The van der Waals surface area contributed by atoms with Crippen LogP contribution in [-0.2, 0) is 16.0 Å². The van der Waals surface area contributed by atoms with Gasteiger partial charge in [-0.25, -0.2) is 0 Å². The van der Waals surface area contributed by atoms with Crippen LogP contribution in [0.5, 0.6) is 0 Å². The first kappa shape index (κ1) is 16.5. The highest BCUT2D eigenvalue weighted by Crippen LogP contribution is 2.36. The van der Waals surface area contributed by atoms with E-state index in [9.17, 15) is 4.79 Å². The van der Waals surface area contributed by atoms with Crippen LogP contribution in [0.1, 0.15) is 31.2 Å². The van der Waals surface area contributed by atoms with Crippen LogP contribution in [0.3, 0.4) is 0 Å². The summed E-state index contributed by atoms with van der Waals surface area (Å²) in [5.41, 5.74) is 0.944. The molecule has 1 aromatic rings. The smallest absolute Gasteiger partial charge is 0.228 e. The molecule has 0 radical (unpaired) electrons. The topological polar surface area (TPSA) is 50.4 Å². The van der Waals surface area contributed by atoms with E-state index < -0.39 is 0 Å². The van der Waals surface area contributed by atoms with Crippen molar-refractivity contribution in [2.75, 3.05) is 26.8 Å². The van der Waals surface area contributed by atoms with E-state index in [0.717, 1.165) is 32.4 Å². The summed E-state index contributed by atoms with van der Waals surface area (Å²) in [6.07, 6.45) is 5.11. The molecule has 2 N–H and O–H groups in total. The number of methoxy groups -OCH3 is 1. The molecule has 1 saturated carbocycles. The Balaban J connectivity index is 1.67. The van der Waals surface area contributed by atoms with Gasteiger partial charge in [-0.3, -0.25) is 4.79 Å². The van der Waals surface area contributed by atoms with E-state index >= 15 is 0 Å². The molecule has 0 aromatic heterocycles. The zero-order valence-electron chi connectivity index (χ0n) is 14.0. The highest BCUT2D eigenvalue weighted by molar-refractivity contribution is 5.83. The van der Waals surface area contributed by atoms with Gasteiger partial charge in [-0.1, -0.05) is 30.3 Å². The molecule has 3 rings (SSSR count). The van der Waals surface area contributed by atoms with E-state index in [1.54, 1.807) is 7.11 Å². The van der Waals surface area contributed by atoms with Crippen molar-refractivity contribution in [3.63, 3.8) is 0 Å². The lowest BCUT2D eigenvalue weighted by molar-refractivity contribution is -0.137. The van der Waals surface area contributed by atoms with Crippen LogP contribution in [0, 0.1) is 11.3 Å². The Labute approximate surface area is 139 Å². The zero-order valence-corrected chi connectivity index (χ0v) is 14.0. The predicted molar refractivity (Wildman–Crippen MR) is 91.2 cm³/mol. The van der Waals surface area contributed by atoms with Crippen molar-refractivity contribution in [1.82, 2.24) is 10.6 Å². The highest BCUT2D eigenvalue weighted by Gasteiger charge is 2.42. The highest BCUT2D eigenvalue weighted by atomic mass is 16.5. The van der Waals surface area contributed by atoms with E-state index in [-0.39, 0.29) is 17.4 Å². The molecule has 4 nitrogen and oxygen atoms in total. The standard InChI is InChI=1S/C19H28N2O2/c1-23-14-19(9-11-20-12-10-19)18(22)21-17(16-7-8-16)13-15-5-3-2-4-6-15/h2-6,16-17,20H,7-14H2,1H3,(H,21,22). The Kier molecular flexibility index (Phi) is 5.34. The average molecular weight is 316 g/mol. The summed E-state index contributed by atoms with van der Waals surface area (Å²) in [7, 11) is 1.69. The Bertz CT molecular complexity index is 502. The van der Waals surface area contributed by atoms with E-state index in [2.05, 4.69) is 34.9 Å². The van der Waals surface area contributed by atoms with Crippen LogP contribution >= 0.6 is 0 Å². The summed E-state index contributed by atoms with van der Waals surface area (Å²) in [6.45, 7) is 2.30. The Morgan fingerprint density at radius 1 is 1.30 bits per heavy atom. The van der Waals surface area contributed by atoms with Crippen molar-refractivity contribution in [3.05, 3.63) is 35.9 Å². The summed E-state index contributed by atoms with van der Waals surface area (Å²) in [5.74, 6) is 0.828. The summed E-state index contributed by atoms with van der Waals surface area (Å²) < 4.78 is 5.39. The molecule has 2 fully saturated rings. The molecular formula is C19H28N2O2. The number of piperidine rings is 1. The number of hydrogen-bond donors (Lipinski definition) is 2. The fraction of sp³-hybridized carbons (Fsp3) is 0.632. The number of amides is 1. The number of carbonyl (C=O) groups is 1. The number of hydrogen-bond acceptors (Lipinski definition) is 3. The Hall–Kier alpha value is -1.39. The van der Waals surface area contributed by atoms with Gasteiger partial charge in [0.05, 0.1) is 12.0 Å². The van der Waals surface area contributed by atoms with Crippen LogP contribution in [0.4, 0.5) is 0 Å². The van der Waals surface area contributed by atoms with Gasteiger partial charge in [0, 0.05) is 13.2 Å². The minimum Gasteiger partial charge on any atom is -0.384 e. The maximum absolute atomic E-state index is 13.0. The van der Waals surface area contributed by atoms with Crippen molar-refractivity contribution in [3.8, 4) is 0 Å². The summed E-state index contributed by atoms with van der Waals surface area (Å²) in [4.78, 5) is 13.0. The van der Waals surface area contributed by atoms with Crippen LogP contribution in [0.15, 0.2) is 30.3 Å². The molecule has 0 spiro atoms.